The zero-order valence-corrected chi connectivity index (χ0v) is 13.6. The molecular weight excluding hydrogens is 389 g/mol. The molecule has 0 aliphatic heterocycles. The van der Waals surface area contributed by atoms with Gasteiger partial charge in [-0.3, -0.25) is 13.9 Å². The van der Waals surface area contributed by atoms with Gasteiger partial charge in [-0.15, -0.1) is 11.6 Å². The molecule has 9 N–H and O–H groups in total. The van der Waals surface area contributed by atoms with Crippen LogP contribution in [0.2, 0.25) is 0 Å². The van der Waals surface area contributed by atoms with Gasteiger partial charge in [0.15, 0.2) is 16.4 Å². The molecule has 0 aromatic carbocycles. The first-order chi connectivity index (χ1) is 9.79. The molecule has 1 aromatic heterocycles. The summed E-state index contributed by atoms with van der Waals surface area (Å²) in [6, 6.07) is 0. The van der Waals surface area contributed by atoms with Gasteiger partial charge in [-0.2, -0.15) is 18.4 Å². The molecule has 0 unspecified atom stereocenters. The van der Waals surface area contributed by atoms with Gasteiger partial charge in [0.25, 0.3) is 0 Å². The number of anilines is 3. The van der Waals surface area contributed by atoms with Gasteiger partial charge in [-0.1, -0.05) is 23.2 Å². The second-order valence-electron chi connectivity index (χ2n) is 3.05. The lowest BCUT2D eigenvalue weighted by molar-refractivity contribution is -0.115. The molecule has 0 saturated heterocycles. The van der Waals surface area contributed by atoms with Crippen molar-refractivity contribution in [2.75, 3.05) is 23.1 Å². The molecule has 0 atom stereocenters. The number of carbonyl (C=O) groups is 1. The van der Waals surface area contributed by atoms with Gasteiger partial charge in [-0.25, -0.2) is 0 Å². The minimum atomic E-state index is -4.67. The number of aromatic hydroxyl groups is 1. The zero-order valence-electron chi connectivity index (χ0n) is 10.5. The van der Waals surface area contributed by atoms with Crippen LogP contribution < -0.4 is 17.2 Å². The molecule has 15 heteroatoms. The molecular formula is C7H12Cl3N5O6S. The lowest BCUT2D eigenvalue weighted by Crippen LogP contribution is -2.07. The van der Waals surface area contributed by atoms with Gasteiger partial charge in [0.2, 0.25) is 11.8 Å². The smallest absolute Gasteiger partial charge is 0.394 e. The average molecular weight is 401 g/mol. The lowest BCUT2D eigenvalue weighted by Gasteiger charge is -2.00. The molecule has 11 nitrogen and oxygen atoms in total. The molecule has 0 bridgehead atoms. The van der Waals surface area contributed by atoms with E-state index >= 15 is 0 Å². The van der Waals surface area contributed by atoms with Crippen LogP contribution in [0.25, 0.3) is 0 Å². The van der Waals surface area contributed by atoms with E-state index in [0.29, 0.717) is 0 Å². The highest BCUT2D eigenvalue weighted by Gasteiger charge is 2.07. The summed E-state index contributed by atoms with van der Waals surface area (Å²) in [6.45, 7) is 0. The summed E-state index contributed by atoms with van der Waals surface area (Å²) in [5, 5.41) is 8.84. The van der Waals surface area contributed by atoms with Gasteiger partial charge in [0.1, 0.15) is 5.69 Å². The van der Waals surface area contributed by atoms with Crippen molar-refractivity contribution >= 4 is 68.4 Å². The number of ketones is 1. The third kappa shape index (κ3) is 13.7. The largest absolute Gasteiger partial charge is 0.492 e. The highest BCUT2D eigenvalue weighted by molar-refractivity contribution is 7.79. The summed E-state index contributed by atoms with van der Waals surface area (Å²) in [5.41, 5.74) is 15.5. The third-order valence-electron chi connectivity index (χ3n) is 1.35. The Morgan fingerprint density at radius 2 is 1.59 bits per heavy atom. The topological polar surface area (TPSA) is 216 Å². The summed E-state index contributed by atoms with van der Waals surface area (Å²) in [6.07, 6.45) is 0. The number of nitrogens with two attached hydrogens (primary N) is 3. The molecule has 0 aliphatic carbocycles. The second-order valence-corrected chi connectivity index (χ2v) is 5.31. The van der Waals surface area contributed by atoms with Crippen LogP contribution in [0.5, 0.6) is 5.88 Å². The van der Waals surface area contributed by atoms with E-state index in [1.807, 2.05) is 0 Å². The van der Waals surface area contributed by atoms with Crippen LogP contribution in [0, 0.1) is 0 Å². The van der Waals surface area contributed by atoms with E-state index in [4.69, 9.17) is 74.6 Å². The number of rotatable bonds is 2. The van der Waals surface area contributed by atoms with E-state index < -0.39 is 15.2 Å². The number of Topliss-reactive ketones (excluding diaryl/α,β-unsaturated/α-hetero) is 1. The number of alkyl halides is 3. The Morgan fingerprint density at radius 3 is 1.82 bits per heavy atom. The Bertz CT molecular complexity index is 567. The SMILES string of the molecule is Nc1nc(N)c(N)c(O)n1.O=C(CCl)C(Cl)Cl.O=S(=O)(O)O. The first kappa shape index (κ1) is 23.0. The van der Waals surface area contributed by atoms with E-state index in [2.05, 4.69) is 9.97 Å². The van der Waals surface area contributed by atoms with Crippen molar-refractivity contribution in [3.8, 4) is 5.88 Å². The van der Waals surface area contributed by atoms with Gasteiger partial charge >= 0.3 is 10.4 Å². The van der Waals surface area contributed by atoms with Crippen molar-refractivity contribution in [2.45, 2.75) is 4.84 Å². The molecule has 0 spiro atoms. The highest BCUT2D eigenvalue weighted by atomic mass is 35.5. The quantitative estimate of drug-likeness (QED) is 0.284. The molecule has 128 valence electrons. The van der Waals surface area contributed by atoms with Crippen LogP contribution in [0.4, 0.5) is 17.5 Å². The summed E-state index contributed by atoms with van der Waals surface area (Å²) in [4.78, 5) is 16.0. The van der Waals surface area contributed by atoms with E-state index in [1.54, 1.807) is 0 Å². The van der Waals surface area contributed by atoms with Crippen molar-refractivity contribution in [1.82, 2.24) is 9.97 Å². The van der Waals surface area contributed by atoms with E-state index in [-0.39, 0.29) is 35.0 Å². The zero-order chi connectivity index (χ0) is 18.1. The number of nitrogen functional groups attached to an aromatic ring is 3. The van der Waals surface area contributed by atoms with Crippen molar-refractivity contribution in [3.63, 3.8) is 0 Å². The maximum Gasteiger partial charge on any atom is 0.394 e. The highest BCUT2D eigenvalue weighted by Crippen LogP contribution is 2.21. The fourth-order valence-electron chi connectivity index (χ4n) is 0.550. The second kappa shape index (κ2) is 10.4. The Hall–Kier alpha value is -1.31. The molecule has 0 amide bonds. The predicted octanol–water partition coefficient (Wildman–Crippen LogP) is -0.126. The standard InChI is InChI=1S/C4H7N5O.C3H3Cl3O.H2O4S/c5-1-2(6)8-4(7)9-3(1)10;4-1-2(7)3(5)6;1-5(2,3)4/h5H2,(H5,6,7,8,9,10);3H,1H2;(H2,1,2,3,4). The number of nitrogens with zero attached hydrogens (tertiary/aromatic N) is 2. The Labute approximate surface area is 139 Å². The summed E-state index contributed by atoms with van der Waals surface area (Å²) >= 11 is 15.1. The molecule has 0 aliphatic rings. The summed E-state index contributed by atoms with van der Waals surface area (Å²) in [7, 11) is -4.67. The molecule has 0 saturated carbocycles. The van der Waals surface area contributed by atoms with Crippen molar-refractivity contribution in [1.29, 1.82) is 0 Å². The predicted molar refractivity (Wildman–Crippen MR) is 82.3 cm³/mol. The fraction of sp³-hybridized carbons (Fsp3) is 0.286. The minimum Gasteiger partial charge on any atom is -0.492 e. The molecule has 22 heavy (non-hydrogen) atoms. The minimum absolute atomic E-state index is 0.00926. The van der Waals surface area contributed by atoms with E-state index in [1.165, 1.54) is 0 Å². The maximum atomic E-state index is 10.1. The van der Waals surface area contributed by atoms with Gasteiger partial charge in [0, 0.05) is 0 Å². The normalized spacial score (nSPS) is 10.1. The van der Waals surface area contributed by atoms with Crippen LogP contribution >= 0.6 is 34.8 Å². The number of aromatic nitrogens is 2. The van der Waals surface area contributed by atoms with Gasteiger partial charge in [-0.05, 0) is 0 Å². The van der Waals surface area contributed by atoms with Crippen LogP contribution in [0.3, 0.4) is 0 Å². The van der Waals surface area contributed by atoms with E-state index in [0.717, 1.165) is 0 Å². The van der Waals surface area contributed by atoms with Crippen LogP contribution in [0.1, 0.15) is 0 Å². The fourth-order valence-corrected chi connectivity index (χ4v) is 1.02. The molecule has 0 radical (unpaired) electrons. The molecule has 0 fully saturated rings. The van der Waals surface area contributed by atoms with Crippen LogP contribution in [-0.4, -0.2) is 49.1 Å². The third-order valence-corrected chi connectivity index (χ3v) is 2.10. The average Bonchev–Trinajstić information content (AvgIpc) is 2.33. The Kier molecular flexibility index (Phi) is 10.9. The number of hydrogen-bond donors (Lipinski definition) is 6. The van der Waals surface area contributed by atoms with Crippen molar-refractivity contribution in [3.05, 3.63) is 0 Å². The monoisotopic (exact) mass is 399 g/mol. The number of hydrogen-bond acceptors (Lipinski definition) is 9. The Morgan fingerprint density at radius 1 is 1.18 bits per heavy atom. The van der Waals surface area contributed by atoms with Crippen LogP contribution in [0.15, 0.2) is 0 Å². The first-order valence-electron chi connectivity index (χ1n) is 4.73. The maximum absolute atomic E-state index is 10.1. The van der Waals surface area contributed by atoms with Crippen molar-refractivity contribution in [2.24, 2.45) is 0 Å². The number of carbonyl (C=O) groups excluding carboxylic acids is 1. The first-order valence-corrected chi connectivity index (χ1v) is 7.54. The Balaban J connectivity index is 0. The van der Waals surface area contributed by atoms with Crippen LogP contribution in [-0.2, 0) is 15.2 Å². The summed E-state index contributed by atoms with van der Waals surface area (Å²) in [5.74, 6) is -0.957. The number of halogens is 3. The molecule has 1 aromatic rings. The lowest BCUT2D eigenvalue weighted by atomic mass is 10.5. The molecule has 1 heterocycles. The van der Waals surface area contributed by atoms with E-state index in [9.17, 15) is 4.79 Å². The van der Waals surface area contributed by atoms with Crippen molar-refractivity contribution < 1.29 is 27.4 Å². The summed E-state index contributed by atoms with van der Waals surface area (Å²) < 4.78 is 31.6. The van der Waals surface area contributed by atoms with Gasteiger partial charge in [0.05, 0.1) is 5.88 Å². The molecule has 1 rings (SSSR count). The van der Waals surface area contributed by atoms with Gasteiger partial charge < -0.3 is 22.3 Å².